The van der Waals surface area contributed by atoms with Gasteiger partial charge in [-0.05, 0) is 24.7 Å². The molecule has 1 fully saturated rings. The maximum absolute atomic E-state index is 10.4. The van der Waals surface area contributed by atoms with Crippen molar-refractivity contribution in [1.29, 1.82) is 0 Å². The van der Waals surface area contributed by atoms with E-state index >= 15 is 0 Å². The van der Waals surface area contributed by atoms with Gasteiger partial charge < -0.3 is 5.11 Å². The summed E-state index contributed by atoms with van der Waals surface area (Å²) < 4.78 is 0. The smallest absolute Gasteiger partial charge is 0.330 e. The number of hydrogen-bond donors (Lipinski definition) is 1. The molecule has 1 saturated carbocycles. The highest BCUT2D eigenvalue weighted by Crippen LogP contribution is 2.52. The van der Waals surface area contributed by atoms with Gasteiger partial charge in [-0.1, -0.05) is 19.9 Å². The molecule has 0 amide bonds. The molecule has 0 spiro atoms. The molecule has 0 radical (unpaired) electrons. The minimum Gasteiger partial charge on any atom is -0.478 e. The highest BCUT2D eigenvalue weighted by Gasteiger charge is 2.43. The number of allylic oxidation sites excluding steroid dienone is 1. The monoisotopic (exact) mass is 154 g/mol. The number of carboxylic acid groups (broad SMARTS) is 1. The van der Waals surface area contributed by atoms with E-state index in [1.807, 2.05) is 6.08 Å². The SMILES string of the molecule is C/C(=C\[C@@H]1CC1(C)C)C(=O)O. The summed E-state index contributed by atoms with van der Waals surface area (Å²) >= 11 is 0. The van der Waals surface area contributed by atoms with Gasteiger partial charge in [0.15, 0.2) is 0 Å². The zero-order valence-electron chi connectivity index (χ0n) is 7.22. The molecule has 1 N–H and O–H groups in total. The van der Waals surface area contributed by atoms with Gasteiger partial charge in [-0.2, -0.15) is 0 Å². The van der Waals surface area contributed by atoms with Gasteiger partial charge in [-0.15, -0.1) is 0 Å². The maximum atomic E-state index is 10.4. The van der Waals surface area contributed by atoms with Crippen LogP contribution in [-0.4, -0.2) is 11.1 Å². The fraction of sp³-hybridized carbons (Fsp3) is 0.667. The molecular formula is C9H14O2. The summed E-state index contributed by atoms with van der Waals surface area (Å²) in [6.45, 7) is 5.96. The minimum atomic E-state index is -0.798. The van der Waals surface area contributed by atoms with Crippen LogP contribution in [0.4, 0.5) is 0 Å². The fourth-order valence-corrected chi connectivity index (χ4v) is 1.17. The molecule has 0 aliphatic heterocycles. The second kappa shape index (κ2) is 2.36. The lowest BCUT2D eigenvalue weighted by Gasteiger charge is -1.97. The van der Waals surface area contributed by atoms with Crippen molar-refractivity contribution in [3.05, 3.63) is 11.6 Å². The number of rotatable bonds is 2. The Morgan fingerprint density at radius 3 is 2.36 bits per heavy atom. The van der Waals surface area contributed by atoms with E-state index in [2.05, 4.69) is 13.8 Å². The predicted octanol–water partition coefficient (Wildman–Crippen LogP) is 2.06. The van der Waals surface area contributed by atoms with E-state index in [-0.39, 0.29) is 0 Å². The van der Waals surface area contributed by atoms with Gasteiger partial charge in [-0.3, -0.25) is 0 Å². The van der Waals surface area contributed by atoms with E-state index in [4.69, 9.17) is 5.11 Å². The van der Waals surface area contributed by atoms with Gasteiger partial charge in [-0.25, -0.2) is 4.79 Å². The largest absolute Gasteiger partial charge is 0.478 e. The van der Waals surface area contributed by atoms with Crippen molar-refractivity contribution in [2.24, 2.45) is 11.3 Å². The Balaban J connectivity index is 2.55. The normalized spacial score (nSPS) is 28.3. The highest BCUT2D eigenvalue weighted by molar-refractivity contribution is 5.85. The Morgan fingerprint density at radius 2 is 2.09 bits per heavy atom. The molecule has 0 unspecified atom stereocenters. The first-order valence-electron chi connectivity index (χ1n) is 3.85. The van der Waals surface area contributed by atoms with Crippen LogP contribution in [0, 0.1) is 11.3 Å². The lowest BCUT2D eigenvalue weighted by atomic mass is 10.1. The van der Waals surface area contributed by atoms with E-state index in [1.54, 1.807) is 6.92 Å². The third-order valence-electron chi connectivity index (χ3n) is 2.38. The number of aliphatic carboxylic acids is 1. The second-order valence-electron chi connectivity index (χ2n) is 3.95. The van der Waals surface area contributed by atoms with Crippen LogP contribution in [-0.2, 0) is 4.79 Å². The van der Waals surface area contributed by atoms with E-state index in [0.717, 1.165) is 6.42 Å². The molecule has 2 heteroatoms. The Labute approximate surface area is 66.9 Å². The lowest BCUT2D eigenvalue weighted by Crippen LogP contribution is -1.97. The average molecular weight is 154 g/mol. The van der Waals surface area contributed by atoms with E-state index in [1.165, 1.54) is 0 Å². The Bertz CT molecular complexity index is 214. The molecule has 1 aliphatic rings. The maximum Gasteiger partial charge on any atom is 0.330 e. The van der Waals surface area contributed by atoms with Crippen molar-refractivity contribution < 1.29 is 9.90 Å². The van der Waals surface area contributed by atoms with Crippen molar-refractivity contribution in [1.82, 2.24) is 0 Å². The second-order valence-corrected chi connectivity index (χ2v) is 3.95. The Kier molecular flexibility index (Phi) is 1.78. The zero-order chi connectivity index (χ0) is 8.65. The van der Waals surface area contributed by atoms with Crippen LogP contribution in [0.3, 0.4) is 0 Å². The quantitative estimate of drug-likeness (QED) is 0.618. The molecule has 0 aromatic carbocycles. The van der Waals surface area contributed by atoms with Crippen molar-refractivity contribution in [2.75, 3.05) is 0 Å². The van der Waals surface area contributed by atoms with Crippen LogP contribution in [0.15, 0.2) is 11.6 Å². The summed E-state index contributed by atoms with van der Waals surface area (Å²) in [6.07, 6.45) is 2.99. The molecule has 1 aliphatic carbocycles. The van der Waals surface area contributed by atoms with Crippen LogP contribution in [0.1, 0.15) is 27.2 Å². The van der Waals surface area contributed by atoms with Gasteiger partial charge in [0.05, 0.1) is 0 Å². The van der Waals surface area contributed by atoms with Gasteiger partial charge in [0.2, 0.25) is 0 Å². The third kappa shape index (κ3) is 1.82. The highest BCUT2D eigenvalue weighted by atomic mass is 16.4. The summed E-state index contributed by atoms with van der Waals surface area (Å²) in [5.74, 6) is -0.314. The summed E-state index contributed by atoms with van der Waals surface area (Å²) in [5.41, 5.74) is 0.817. The summed E-state index contributed by atoms with van der Waals surface area (Å²) in [7, 11) is 0. The molecule has 1 rings (SSSR count). The van der Waals surface area contributed by atoms with Crippen LogP contribution < -0.4 is 0 Å². The van der Waals surface area contributed by atoms with Gasteiger partial charge in [0, 0.05) is 5.57 Å². The number of carbonyl (C=O) groups is 1. The zero-order valence-corrected chi connectivity index (χ0v) is 7.22. The third-order valence-corrected chi connectivity index (χ3v) is 2.38. The van der Waals surface area contributed by atoms with Crippen LogP contribution in [0.2, 0.25) is 0 Å². The number of hydrogen-bond acceptors (Lipinski definition) is 1. The van der Waals surface area contributed by atoms with Crippen LogP contribution >= 0.6 is 0 Å². The fourth-order valence-electron chi connectivity index (χ4n) is 1.17. The van der Waals surface area contributed by atoms with Crippen molar-refractivity contribution >= 4 is 5.97 Å². The van der Waals surface area contributed by atoms with E-state index in [9.17, 15) is 4.79 Å². The topological polar surface area (TPSA) is 37.3 Å². The number of carboxylic acids is 1. The Morgan fingerprint density at radius 1 is 1.64 bits per heavy atom. The summed E-state index contributed by atoms with van der Waals surface area (Å²) in [6, 6.07) is 0. The standard InChI is InChI=1S/C9H14O2/c1-6(8(10)11)4-7-5-9(7,2)3/h4,7H,5H2,1-3H3,(H,10,11)/b6-4+/t7-/m1/s1. The molecule has 0 saturated heterocycles. The van der Waals surface area contributed by atoms with Crippen molar-refractivity contribution in [3.8, 4) is 0 Å². The first kappa shape index (κ1) is 8.31. The van der Waals surface area contributed by atoms with Gasteiger partial charge in [0.25, 0.3) is 0 Å². The molecule has 11 heavy (non-hydrogen) atoms. The minimum absolute atomic E-state index is 0.344. The summed E-state index contributed by atoms with van der Waals surface area (Å²) in [4.78, 5) is 10.4. The van der Waals surface area contributed by atoms with E-state index < -0.39 is 5.97 Å². The van der Waals surface area contributed by atoms with Gasteiger partial charge in [0.1, 0.15) is 0 Å². The first-order valence-corrected chi connectivity index (χ1v) is 3.85. The predicted molar refractivity (Wildman–Crippen MR) is 43.3 cm³/mol. The average Bonchev–Trinajstić information content (AvgIpc) is 2.39. The molecule has 2 nitrogen and oxygen atoms in total. The van der Waals surface area contributed by atoms with Crippen LogP contribution in [0.5, 0.6) is 0 Å². The molecule has 0 bridgehead atoms. The summed E-state index contributed by atoms with van der Waals surface area (Å²) in [5, 5.41) is 8.56. The van der Waals surface area contributed by atoms with E-state index in [0.29, 0.717) is 16.9 Å². The van der Waals surface area contributed by atoms with Crippen LogP contribution in [0.25, 0.3) is 0 Å². The van der Waals surface area contributed by atoms with Crippen molar-refractivity contribution in [3.63, 3.8) is 0 Å². The molecule has 62 valence electrons. The van der Waals surface area contributed by atoms with Gasteiger partial charge >= 0.3 is 5.97 Å². The Hall–Kier alpha value is -0.790. The molecule has 1 atom stereocenters. The van der Waals surface area contributed by atoms with Crippen molar-refractivity contribution in [2.45, 2.75) is 27.2 Å². The first-order chi connectivity index (χ1) is 4.93. The lowest BCUT2D eigenvalue weighted by molar-refractivity contribution is -0.132. The molecule has 0 aromatic heterocycles. The molecular weight excluding hydrogens is 140 g/mol. The molecule has 0 aromatic rings. The molecule has 0 heterocycles.